The highest BCUT2D eigenvalue weighted by molar-refractivity contribution is 6.09. The van der Waals surface area contributed by atoms with Crippen molar-refractivity contribution in [2.75, 3.05) is 6.61 Å². The smallest absolute Gasteiger partial charge is 0.273 e. The lowest BCUT2D eigenvalue weighted by Crippen LogP contribution is -2.02. The van der Waals surface area contributed by atoms with Crippen LogP contribution in [-0.4, -0.2) is 21.1 Å². The molecule has 0 N–H and O–H groups in total. The van der Waals surface area contributed by atoms with E-state index in [0.29, 0.717) is 24.8 Å². The fourth-order valence-electron chi connectivity index (χ4n) is 3.11. The molecule has 0 fully saturated rings. The molecule has 0 saturated heterocycles. The first kappa shape index (κ1) is 17.0. The summed E-state index contributed by atoms with van der Waals surface area (Å²) in [7, 11) is 0. The molecule has 4 aromatic rings. The van der Waals surface area contributed by atoms with Gasteiger partial charge >= 0.3 is 0 Å². The predicted octanol–water partition coefficient (Wildman–Crippen LogP) is 4.88. The van der Waals surface area contributed by atoms with Crippen molar-refractivity contribution >= 4 is 27.6 Å². The highest BCUT2D eigenvalue weighted by Crippen LogP contribution is 2.37. The van der Waals surface area contributed by atoms with Gasteiger partial charge in [0.2, 0.25) is 0 Å². The van der Waals surface area contributed by atoms with Crippen LogP contribution in [0.3, 0.4) is 0 Å². The van der Waals surface area contributed by atoms with Crippen LogP contribution in [0.15, 0.2) is 60.8 Å². The van der Waals surface area contributed by atoms with E-state index in [0.717, 1.165) is 21.9 Å². The van der Waals surface area contributed by atoms with Crippen molar-refractivity contribution in [2.24, 2.45) is 0 Å². The number of nitro benzene ring substituents is 1. The molecule has 2 heterocycles. The van der Waals surface area contributed by atoms with Gasteiger partial charge in [-0.3, -0.25) is 10.1 Å². The second-order valence-corrected chi connectivity index (χ2v) is 5.93. The van der Waals surface area contributed by atoms with Crippen LogP contribution in [0.4, 0.5) is 5.69 Å². The van der Waals surface area contributed by atoms with Gasteiger partial charge in [-0.15, -0.1) is 0 Å². The lowest BCUT2D eigenvalue weighted by Gasteiger charge is -2.08. The average molecular weight is 363 g/mol. The molecule has 0 spiro atoms. The number of para-hydroxylation sites is 1. The third kappa shape index (κ3) is 3.09. The minimum atomic E-state index is -0.442. The largest absolute Gasteiger partial charge is 0.456 e. The van der Waals surface area contributed by atoms with Gasteiger partial charge in [-0.1, -0.05) is 24.3 Å². The van der Waals surface area contributed by atoms with Crippen molar-refractivity contribution in [3.05, 3.63) is 70.9 Å². The van der Waals surface area contributed by atoms with E-state index >= 15 is 0 Å². The number of non-ortho nitro benzene ring substituents is 1. The molecule has 0 aliphatic carbocycles. The lowest BCUT2D eigenvalue weighted by atomic mass is 10.2. The number of ether oxygens (including phenoxy) is 2. The van der Waals surface area contributed by atoms with Crippen LogP contribution in [0, 0.1) is 10.1 Å². The molecule has 0 amide bonds. The van der Waals surface area contributed by atoms with E-state index < -0.39 is 4.92 Å². The molecule has 2 aromatic carbocycles. The highest BCUT2D eigenvalue weighted by atomic mass is 16.6. The molecule has 2 aromatic heterocycles. The summed E-state index contributed by atoms with van der Waals surface area (Å²) < 4.78 is 13.6. The molecule has 0 radical (unpaired) electrons. The van der Waals surface area contributed by atoms with Gasteiger partial charge in [0.1, 0.15) is 23.9 Å². The Morgan fingerprint density at radius 3 is 2.81 bits per heavy atom. The molecular weight excluding hydrogens is 346 g/mol. The SMILES string of the molecule is CCOCn1c2ccccc2c2c(Oc3cccc([N+](=O)[O-])c3)ccnc21. The summed E-state index contributed by atoms with van der Waals surface area (Å²) in [6, 6.07) is 15.8. The quantitative estimate of drug-likeness (QED) is 0.360. The van der Waals surface area contributed by atoms with E-state index in [1.165, 1.54) is 12.1 Å². The van der Waals surface area contributed by atoms with Crippen LogP contribution in [0.2, 0.25) is 0 Å². The first-order valence-corrected chi connectivity index (χ1v) is 8.55. The van der Waals surface area contributed by atoms with Gasteiger partial charge in [-0.2, -0.15) is 0 Å². The first-order chi connectivity index (χ1) is 13.2. The first-order valence-electron chi connectivity index (χ1n) is 8.55. The lowest BCUT2D eigenvalue weighted by molar-refractivity contribution is -0.384. The Hall–Kier alpha value is -3.45. The minimum absolute atomic E-state index is 0.0171. The maximum atomic E-state index is 11.0. The van der Waals surface area contributed by atoms with Crippen LogP contribution in [0.25, 0.3) is 21.9 Å². The van der Waals surface area contributed by atoms with Crippen molar-refractivity contribution in [2.45, 2.75) is 13.7 Å². The van der Waals surface area contributed by atoms with Crippen molar-refractivity contribution < 1.29 is 14.4 Å². The standard InChI is InChI=1S/C20H17N3O4/c1-2-26-13-22-17-9-4-3-8-16(17)19-18(10-11-21-20(19)22)27-15-7-5-6-14(12-15)23(24)25/h3-12H,2,13H2,1H3. The van der Waals surface area contributed by atoms with Crippen molar-refractivity contribution in [1.29, 1.82) is 0 Å². The monoisotopic (exact) mass is 363 g/mol. The zero-order valence-corrected chi connectivity index (χ0v) is 14.7. The van der Waals surface area contributed by atoms with Gasteiger partial charge in [0, 0.05) is 24.3 Å². The normalized spacial score (nSPS) is 11.1. The topological polar surface area (TPSA) is 79.4 Å². The molecule has 0 aliphatic rings. The summed E-state index contributed by atoms with van der Waals surface area (Å²) in [5, 5.41) is 12.9. The Morgan fingerprint density at radius 1 is 1.15 bits per heavy atom. The third-order valence-corrected chi connectivity index (χ3v) is 4.29. The predicted molar refractivity (Wildman–Crippen MR) is 102 cm³/mol. The van der Waals surface area contributed by atoms with E-state index in [9.17, 15) is 10.1 Å². The van der Waals surface area contributed by atoms with Gasteiger partial charge in [0.25, 0.3) is 5.69 Å². The van der Waals surface area contributed by atoms with Crippen LogP contribution in [0.5, 0.6) is 11.5 Å². The summed E-state index contributed by atoms with van der Waals surface area (Å²) in [4.78, 5) is 15.1. The highest BCUT2D eigenvalue weighted by Gasteiger charge is 2.16. The molecular formula is C20H17N3O4. The van der Waals surface area contributed by atoms with Crippen LogP contribution >= 0.6 is 0 Å². The zero-order chi connectivity index (χ0) is 18.8. The molecule has 0 aliphatic heterocycles. The summed E-state index contributed by atoms with van der Waals surface area (Å²) in [6.45, 7) is 2.92. The van der Waals surface area contributed by atoms with Crippen molar-refractivity contribution in [3.8, 4) is 11.5 Å². The van der Waals surface area contributed by atoms with E-state index in [-0.39, 0.29) is 5.69 Å². The summed E-state index contributed by atoms with van der Waals surface area (Å²) in [5.41, 5.74) is 1.72. The molecule has 0 bridgehead atoms. The Morgan fingerprint density at radius 2 is 2.00 bits per heavy atom. The fourth-order valence-corrected chi connectivity index (χ4v) is 3.11. The number of fused-ring (bicyclic) bond motifs is 3. The van der Waals surface area contributed by atoms with Crippen molar-refractivity contribution in [3.63, 3.8) is 0 Å². The van der Waals surface area contributed by atoms with Crippen LogP contribution in [0.1, 0.15) is 6.92 Å². The Bertz CT molecular complexity index is 1140. The van der Waals surface area contributed by atoms with Crippen LogP contribution < -0.4 is 4.74 Å². The number of benzene rings is 2. The van der Waals surface area contributed by atoms with Gasteiger partial charge in [0.15, 0.2) is 0 Å². The Labute approximate surface area is 154 Å². The Balaban J connectivity index is 1.87. The van der Waals surface area contributed by atoms with E-state index in [4.69, 9.17) is 9.47 Å². The maximum Gasteiger partial charge on any atom is 0.273 e. The number of pyridine rings is 1. The number of nitro groups is 1. The Kier molecular flexibility index (Phi) is 4.43. The summed E-state index contributed by atoms with van der Waals surface area (Å²) >= 11 is 0. The minimum Gasteiger partial charge on any atom is -0.456 e. The molecule has 4 rings (SSSR count). The number of nitrogens with zero attached hydrogens (tertiary/aromatic N) is 3. The van der Waals surface area contributed by atoms with Gasteiger partial charge < -0.3 is 14.0 Å². The zero-order valence-electron chi connectivity index (χ0n) is 14.7. The van der Waals surface area contributed by atoms with Gasteiger partial charge in [-0.25, -0.2) is 4.98 Å². The number of aromatic nitrogens is 2. The molecule has 0 atom stereocenters. The summed E-state index contributed by atoms with van der Waals surface area (Å²) in [6.07, 6.45) is 1.66. The van der Waals surface area contributed by atoms with Gasteiger partial charge in [0.05, 0.1) is 21.9 Å². The third-order valence-electron chi connectivity index (χ3n) is 4.29. The van der Waals surface area contributed by atoms with Crippen LogP contribution in [-0.2, 0) is 11.5 Å². The fraction of sp³-hybridized carbons (Fsp3) is 0.150. The molecule has 27 heavy (non-hydrogen) atoms. The summed E-state index contributed by atoms with van der Waals surface area (Å²) in [5.74, 6) is 0.991. The molecule has 136 valence electrons. The van der Waals surface area contributed by atoms with E-state index in [1.54, 1.807) is 24.4 Å². The average Bonchev–Trinajstić information content (AvgIpc) is 3.01. The molecule has 7 nitrogen and oxygen atoms in total. The van der Waals surface area contributed by atoms with Gasteiger partial charge in [-0.05, 0) is 25.1 Å². The second kappa shape index (κ2) is 7.05. The number of hydrogen-bond donors (Lipinski definition) is 0. The second-order valence-electron chi connectivity index (χ2n) is 5.93. The molecule has 7 heteroatoms. The van der Waals surface area contributed by atoms with E-state index in [2.05, 4.69) is 4.98 Å². The molecule has 0 unspecified atom stereocenters. The number of rotatable bonds is 6. The number of hydrogen-bond acceptors (Lipinski definition) is 5. The van der Waals surface area contributed by atoms with E-state index in [1.807, 2.05) is 35.8 Å². The van der Waals surface area contributed by atoms with Crippen molar-refractivity contribution in [1.82, 2.24) is 9.55 Å². The molecule has 0 saturated carbocycles. The maximum absolute atomic E-state index is 11.0.